The first-order valence-corrected chi connectivity index (χ1v) is 4.35. The van der Waals surface area contributed by atoms with Gasteiger partial charge in [-0.3, -0.25) is 0 Å². The highest BCUT2D eigenvalue weighted by Gasteiger charge is 2.00. The minimum Gasteiger partial charge on any atom is -0.385 e. The minimum atomic E-state index is 0.885. The van der Waals surface area contributed by atoms with Crippen LogP contribution < -0.4 is 5.32 Å². The van der Waals surface area contributed by atoms with E-state index in [0.29, 0.717) is 0 Å². The van der Waals surface area contributed by atoms with Gasteiger partial charge < -0.3 is 5.32 Å². The van der Waals surface area contributed by atoms with Crippen LogP contribution in [0.2, 0.25) is 0 Å². The SMILES string of the molecule is CCNc1cc(C)n2ncnc2c1. The highest BCUT2D eigenvalue weighted by atomic mass is 15.3. The molecule has 0 aromatic carbocycles. The highest BCUT2D eigenvalue weighted by Crippen LogP contribution is 2.12. The van der Waals surface area contributed by atoms with Gasteiger partial charge in [-0.05, 0) is 19.9 Å². The van der Waals surface area contributed by atoms with E-state index in [1.54, 1.807) is 6.33 Å². The fourth-order valence-electron chi connectivity index (χ4n) is 1.39. The molecule has 0 unspecified atom stereocenters. The Morgan fingerprint density at radius 2 is 2.31 bits per heavy atom. The molecule has 2 heterocycles. The summed E-state index contributed by atoms with van der Waals surface area (Å²) in [6.45, 7) is 5.01. The average molecular weight is 176 g/mol. The molecule has 0 aliphatic carbocycles. The summed E-state index contributed by atoms with van der Waals surface area (Å²) in [7, 11) is 0. The van der Waals surface area contributed by atoms with Crippen molar-refractivity contribution in [2.75, 3.05) is 11.9 Å². The molecule has 4 nitrogen and oxygen atoms in total. The molecule has 2 aromatic heterocycles. The van der Waals surface area contributed by atoms with E-state index in [9.17, 15) is 0 Å². The number of pyridine rings is 1. The summed E-state index contributed by atoms with van der Waals surface area (Å²) in [5.41, 5.74) is 3.07. The van der Waals surface area contributed by atoms with Crippen LogP contribution in [0.5, 0.6) is 0 Å². The zero-order valence-electron chi connectivity index (χ0n) is 7.78. The molecule has 0 aliphatic rings. The molecule has 0 saturated carbocycles. The Morgan fingerprint density at radius 3 is 3.08 bits per heavy atom. The zero-order chi connectivity index (χ0) is 9.26. The lowest BCUT2D eigenvalue weighted by Gasteiger charge is -2.04. The number of anilines is 1. The van der Waals surface area contributed by atoms with E-state index < -0.39 is 0 Å². The van der Waals surface area contributed by atoms with E-state index in [2.05, 4.69) is 28.4 Å². The molecule has 68 valence electrons. The number of rotatable bonds is 2. The predicted molar refractivity (Wildman–Crippen MR) is 51.9 cm³/mol. The van der Waals surface area contributed by atoms with Gasteiger partial charge in [0.05, 0.1) is 0 Å². The van der Waals surface area contributed by atoms with Gasteiger partial charge in [-0.1, -0.05) is 0 Å². The third-order valence-corrected chi connectivity index (χ3v) is 1.94. The van der Waals surface area contributed by atoms with Crippen LogP contribution in [0.25, 0.3) is 5.65 Å². The number of aromatic nitrogens is 3. The number of nitrogens with one attached hydrogen (secondary N) is 1. The largest absolute Gasteiger partial charge is 0.385 e. The van der Waals surface area contributed by atoms with Gasteiger partial charge in [-0.25, -0.2) is 9.50 Å². The Morgan fingerprint density at radius 1 is 1.46 bits per heavy atom. The van der Waals surface area contributed by atoms with Gasteiger partial charge in [0.2, 0.25) is 0 Å². The van der Waals surface area contributed by atoms with Crippen molar-refractivity contribution >= 4 is 11.3 Å². The quantitative estimate of drug-likeness (QED) is 0.753. The average Bonchev–Trinajstić information content (AvgIpc) is 2.53. The standard InChI is InChI=1S/C9H12N4/c1-3-10-8-4-7(2)13-9(5-8)11-6-12-13/h4-6,10H,3H2,1-2H3. The lowest BCUT2D eigenvalue weighted by molar-refractivity contribution is 0.914. The maximum atomic E-state index is 4.13. The van der Waals surface area contributed by atoms with Crippen LogP contribution in [-0.4, -0.2) is 21.1 Å². The molecule has 0 atom stereocenters. The van der Waals surface area contributed by atoms with Crippen LogP contribution in [0.15, 0.2) is 18.5 Å². The Labute approximate surface area is 76.6 Å². The normalized spacial score (nSPS) is 10.6. The molecule has 0 radical (unpaired) electrons. The first kappa shape index (κ1) is 8.04. The van der Waals surface area contributed by atoms with Crippen molar-refractivity contribution in [2.24, 2.45) is 0 Å². The van der Waals surface area contributed by atoms with Crippen molar-refractivity contribution in [1.29, 1.82) is 0 Å². The minimum absolute atomic E-state index is 0.885. The topological polar surface area (TPSA) is 42.2 Å². The van der Waals surface area contributed by atoms with Crippen LogP contribution in [0.4, 0.5) is 5.69 Å². The van der Waals surface area contributed by atoms with E-state index in [-0.39, 0.29) is 0 Å². The summed E-state index contributed by atoms with van der Waals surface area (Å²) in [6, 6.07) is 4.05. The van der Waals surface area contributed by atoms with Gasteiger partial charge in [-0.15, -0.1) is 0 Å². The Kier molecular flexibility index (Phi) is 1.88. The van der Waals surface area contributed by atoms with Crippen LogP contribution in [0, 0.1) is 6.92 Å². The number of aryl methyl sites for hydroxylation is 1. The third kappa shape index (κ3) is 1.35. The zero-order valence-corrected chi connectivity index (χ0v) is 7.78. The van der Waals surface area contributed by atoms with Gasteiger partial charge in [0.25, 0.3) is 0 Å². The molecular formula is C9H12N4. The Hall–Kier alpha value is -1.58. The monoisotopic (exact) mass is 176 g/mol. The Balaban J connectivity index is 2.56. The molecule has 0 aliphatic heterocycles. The predicted octanol–water partition coefficient (Wildman–Crippen LogP) is 1.47. The van der Waals surface area contributed by atoms with Gasteiger partial charge in [0, 0.05) is 24.0 Å². The van der Waals surface area contributed by atoms with Crippen molar-refractivity contribution in [2.45, 2.75) is 13.8 Å². The summed E-state index contributed by atoms with van der Waals surface area (Å²) in [6.07, 6.45) is 1.57. The smallest absolute Gasteiger partial charge is 0.157 e. The molecule has 4 heteroatoms. The first-order valence-electron chi connectivity index (χ1n) is 4.35. The molecule has 0 saturated heterocycles. The fraction of sp³-hybridized carbons (Fsp3) is 0.333. The summed E-state index contributed by atoms with van der Waals surface area (Å²) in [4.78, 5) is 4.13. The van der Waals surface area contributed by atoms with Crippen molar-refractivity contribution < 1.29 is 0 Å². The third-order valence-electron chi connectivity index (χ3n) is 1.94. The van der Waals surface area contributed by atoms with Gasteiger partial charge in [0.15, 0.2) is 5.65 Å². The fourth-order valence-corrected chi connectivity index (χ4v) is 1.39. The second kappa shape index (κ2) is 3.05. The molecule has 0 amide bonds. The molecule has 13 heavy (non-hydrogen) atoms. The van der Waals surface area contributed by atoms with E-state index in [1.165, 1.54) is 0 Å². The molecule has 0 bridgehead atoms. The van der Waals surface area contributed by atoms with Gasteiger partial charge in [0.1, 0.15) is 6.33 Å². The maximum Gasteiger partial charge on any atom is 0.157 e. The van der Waals surface area contributed by atoms with Crippen LogP contribution in [0.3, 0.4) is 0 Å². The van der Waals surface area contributed by atoms with E-state index in [4.69, 9.17) is 0 Å². The summed E-state index contributed by atoms with van der Waals surface area (Å²) < 4.78 is 1.82. The number of fused-ring (bicyclic) bond motifs is 1. The molecule has 0 fully saturated rings. The van der Waals surface area contributed by atoms with Crippen molar-refractivity contribution in [3.63, 3.8) is 0 Å². The molecule has 0 spiro atoms. The first-order chi connectivity index (χ1) is 6.31. The lowest BCUT2D eigenvalue weighted by atomic mass is 10.3. The van der Waals surface area contributed by atoms with Crippen molar-refractivity contribution in [1.82, 2.24) is 14.6 Å². The second-order valence-corrected chi connectivity index (χ2v) is 2.95. The number of nitrogens with zero attached hydrogens (tertiary/aromatic N) is 3. The Bertz CT molecular complexity index is 418. The van der Waals surface area contributed by atoms with Crippen molar-refractivity contribution in [3.05, 3.63) is 24.2 Å². The molecule has 1 N–H and O–H groups in total. The number of hydrogen-bond acceptors (Lipinski definition) is 3. The van der Waals surface area contributed by atoms with Crippen LogP contribution in [-0.2, 0) is 0 Å². The molecule has 2 aromatic rings. The van der Waals surface area contributed by atoms with E-state index in [1.807, 2.05) is 17.5 Å². The highest BCUT2D eigenvalue weighted by molar-refractivity contribution is 5.55. The maximum absolute atomic E-state index is 4.13. The van der Waals surface area contributed by atoms with Gasteiger partial charge >= 0.3 is 0 Å². The summed E-state index contributed by atoms with van der Waals surface area (Å²) in [5.74, 6) is 0. The van der Waals surface area contributed by atoms with Crippen LogP contribution >= 0.6 is 0 Å². The summed E-state index contributed by atoms with van der Waals surface area (Å²) in [5, 5.41) is 7.35. The number of hydrogen-bond donors (Lipinski definition) is 1. The van der Waals surface area contributed by atoms with E-state index in [0.717, 1.165) is 23.6 Å². The molecule has 2 rings (SSSR count). The van der Waals surface area contributed by atoms with Crippen LogP contribution in [0.1, 0.15) is 12.6 Å². The molecular weight excluding hydrogens is 164 g/mol. The van der Waals surface area contributed by atoms with E-state index >= 15 is 0 Å². The van der Waals surface area contributed by atoms with Gasteiger partial charge in [-0.2, -0.15) is 5.10 Å². The lowest BCUT2D eigenvalue weighted by Crippen LogP contribution is -2.00. The summed E-state index contributed by atoms with van der Waals surface area (Å²) >= 11 is 0. The second-order valence-electron chi connectivity index (χ2n) is 2.95. The van der Waals surface area contributed by atoms with Crippen molar-refractivity contribution in [3.8, 4) is 0 Å².